The number of rotatable bonds is 4. The van der Waals surface area contributed by atoms with Gasteiger partial charge in [0.15, 0.2) is 17.5 Å². The Kier molecular flexibility index (Phi) is 6.11. The van der Waals surface area contributed by atoms with Crippen LogP contribution in [0.1, 0.15) is 0 Å². The second-order valence-electron chi connectivity index (χ2n) is 12.3. The zero-order chi connectivity index (χ0) is 32.3. The zero-order valence-corrected chi connectivity index (χ0v) is 26.2. The molecule has 5 heteroatoms. The van der Waals surface area contributed by atoms with Crippen LogP contribution in [-0.2, 0) is 0 Å². The number of furan rings is 1. The van der Waals surface area contributed by atoms with Crippen LogP contribution in [0.3, 0.4) is 0 Å². The predicted octanol–water partition coefficient (Wildman–Crippen LogP) is 11.3. The lowest BCUT2D eigenvalue weighted by molar-refractivity contribution is 0.654. The van der Waals surface area contributed by atoms with Gasteiger partial charge in [0.1, 0.15) is 5.58 Å². The first-order valence-electron chi connectivity index (χ1n) is 16.3. The first kappa shape index (κ1) is 27.4. The van der Waals surface area contributed by atoms with Crippen molar-refractivity contribution in [2.45, 2.75) is 0 Å². The van der Waals surface area contributed by atoms with E-state index in [-0.39, 0.29) is 0 Å². The quantitative estimate of drug-likeness (QED) is 0.194. The van der Waals surface area contributed by atoms with Crippen molar-refractivity contribution >= 4 is 54.4 Å². The largest absolute Gasteiger partial charge is 0.438 e. The topological polar surface area (TPSA) is 64.7 Å². The molecule has 0 bridgehead atoms. The van der Waals surface area contributed by atoms with Gasteiger partial charge < -0.3 is 4.42 Å². The summed E-state index contributed by atoms with van der Waals surface area (Å²) in [5, 5.41) is 8.82. The molecule has 0 radical (unpaired) electrons. The molecule has 228 valence electrons. The highest BCUT2D eigenvalue weighted by Gasteiger charge is 2.18. The number of hydrogen-bond donors (Lipinski definition) is 0. The maximum atomic E-state index is 6.20. The highest BCUT2D eigenvalue weighted by Crippen LogP contribution is 2.39. The second kappa shape index (κ2) is 10.9. The molecule has 0 amide bonds. The molecular weight excluding hydrogens is 601 g/mol. The lowest BCUT2D eigenvalue weighted by Crippen LogP contribution is -2.00. The van der Waals surface area contributed by atoms with E-state index in [0.29, 0.717) is 23.2 Å². The SMILES string of the molecule is c1ccc(-c2nc(-c3ccc4ccccc4c3)nc(-c3ccc(-c4ccc5oc6ncc7ccccc7c6c5c4)c4ccccc34)n2)cc1. The molecule has 0 aliphatic heterocycles. The van der Waals surface area contributed by atoms with Crippen LogP contribution in [0.25, 0.3) is 99.7 Å². The van der Waals surface area contributed by atoms with Crippen molar-refractivity contribution in [3.8, 4) is 45.3 Å². The Labute approximate surface area is 281 Å². The van der Waals surface area contributed by atoms with Crippen LogP contribution in [0, 0.1) is 0 Å². The fourth-order valence-corrected chi connectivity index (χ4v) is 6.98. The van der Waals surface area contributed by atoms with Crippen molar-refractivity contribution in [3.63, 3.8) is 0 Å². The van der Waals surface area contributed by atoms with Crippen LogP contribution in [0.5, 0.6) is 0 Å². The monoisotopic (exact) mass is 626 g/mol. The molecule has 0 N–H and O–H groups in total. The highest BCUT2D eigenvalue weighted by atomic mass is 16.3. The van der Waals surface area contributed by atoms with Crippen LogP contribution >= 0.6 is 0 Å². The molecule has 0 atom stereocenters. The molecule has 0 aliphatic rings. The Morgan fingerprint density at radius 2 is 1.02 bits per heavy atom. The van der Waals surface area contributed by atoms with E-state index in [0.717, 1.165) is 71.1 Å². The minimum absolute atomic E-state index is 0.633. The third kappa shape index (κ3) is 4.55. The lowest BCUT2D eigenvalue weighted by Gasteiger charge is -2.13. The maximum absolute atomic E-state index is 6.20. The predicted molar refractivity (Wildman–Crippen MR) is 199 cm³/mol. The smallest absolute Gasteiger partial charge is 0.227 e. The number of fused-ring (bicyclic) bond motifs is 7. The van der Waals surface area contributed by atoms with Crippen molar-refractivity contribution in [1.29, 1.82) is 0 Å². The Morgan fingerprint density at radius 3 is 1.86 bits per heavy atom. The number of hydrogen-bond acceptors (Lipinski definition) is 5. The Bertz CT molecular complexity index is 2890. The van der Waals surface area contributed by atoms with Gasteiger partial charge in [-0.25, -0.2) is 19.9 Å². The Hall–Kier alpha value is -6.72. The van der Waals surface area contributed by atoms with Gasteiger partial charge in [0.25, 0.3) is 0 Å². The minimum Gasteiger partial charge on any atom is -0.438 e. The zero-order valence-electron chi connectivity index (χ0n) is 26.2. The summed E-state index contributed by atoms with van der Waals surface area (Å²) in [5.41, 5.74) is 6.53. The summed E-state index contributed by atoms with van der Waals surface area (Å²) in [6, 6.07) is 52.4. The Balaban J connectivity index is 1.17. The summed E-state index contributed by atoms with van der Waals surface area (Å²) in [4.78, 5) is 19.8. The van der Waals surface area contributed by atoms with Gasteiger partial charge in [-0.05, 0) is 62.3 Å². The first-order valence-corrected chi connectivity index (χ1v) is 16.3. The molecular formula is C44H26N4O. The maximum Gasteiger partial charge on any atom is 0.227 e. The molecule has 0 aliphatic carbocycles. The third-order valence-electron chi connectivity index (χ3n) is 9.37. The van der Waals surface area contributed by atoms with Gasteiger partial charge in [-0.1, -0.05) is 127 Å². The highest BCUT2D eigenvalue weighted by molar-refractivity contribution is 6.18. The fourth-order valence-electron chi connectivity index (χ4n) is 6.98. The average molecular weight is 627 g/mol. The average Bonchev–Trinajstić information content (AvgIpc) is 3.56. The van der Waals surface area contributed by atoms with E-state index < -0.39 is 0 Å². The molecule has 0 saturated heterocycles. The van der Waals surface area contributed by atoms with Gasteiger partial charge in [0.2, 0.25) is 5.71 Å². The molecule has 3 aromatic heterocycles. The van der Waals surface area contributed by atoms with Gasteiger partial charge in [-0.15, -0.1) is 0 Å². The summed E-state index contributed by atoms with van der Waals surface area (Å²) in [5.74, 6) is 1.91. The number of aromatic nitrogens is 4. The van der Waals surface area contributed by atoms with Crippen molar-refractivity contribution in [3.05, 3.63) is 158 Å². The lowest BCUT2D eigenvalue weighted by atomic mass is 9.93. The number of nitrogens with zero attached hydrogens (tertiary/aromatic N) is 4. The first-order chi connectivity index (χ1) is 24.3. The summed E-state index contributed by atoms with van der Waals surface area (Å²) in [7, 11) is 0. The van der Waals surface area contributed by atoms with Crippen LogP contribution in [0.4, 0.5) is 0 Å². The summed E-state index contributed by atoms with van der Waals surface area (Å²) in [6.45, 7) is 0. The van der Waals surface area contributed by atoms with E-state index in [1.54, 1.807) is 0 Å². The third-order valence-corrected chi connectivity index (χ3v) is 9.37. The van der Waals surface area contributed by atoms with E-state index >= 15 is 0 Å². The Morgan fingerprint density at radius 1 is 0.388 bits per heavy atom. The van der Waals surface area contributed by atoms with E-state index in [9.17, 15) is 0 Å². The van der Waals surface area contributed by atoms with Gasteiger partial charge in [0, 0.05) is 33.7 Å². The molecule has 7 aromatic carbocycles. The summed E-state index contributed by atoms with van der Waals surface area (Å²) < 4.78 is 6.20. The van der Waals surface area contributed by atoms with Crippen LogP contribution in [0.15, 0.2) is 162 Å². The fraction of sp³-hybridized carbons (Fsp3) is 0. The van der Waals surface area contributed by atoms with Crippen LogP contribution < -0.4 is 0 Å². The summed E-state index contributed by atoms with van der Waals surface area (Å²) >= 11 is 0. The molecule has 0 fully saturated rings. The molecule has 10 rings (SSSR count). The van der Waals surface area contributed by atoms with Crippen LogP contribution in [-0.4, -0.2) is 19.9 Å². The number of pyridine rings is 1. The molecule has 49 heavy (non-hydrogen) atoms. The minimum atomic E-state index is 0.633. The van der Waals surface area contributed by atoms with Gasteiger partial charge in [-0.2, -0.15) is 0 Å². The van der Waals surface area contributed by atoms with Gasteiger partial charge in [-0.3, -0.25) is 0 Å². The van der Waals surface area contributed by atoms with Gasteiger partial charge >= 0.3 is 0 Å². The van der Waals surface area contributed by atoms with E-state index in [2.05, 4.69) is 120 Å². The van der Waals surface area contributed by atoms with Crippen molar-refractivity contribution in [2.75, 3.05) is 0 Å². The summed E-state index contributed by atoms with van der Waals surface area (Å²) in [6.07, 6.45) is 1.88. The molecule has 0 saturated carbocycles. The van der Waals surface area contributed by atoms with E-state index in [1.165, 1.54) is 5.39 Å². The van der Waals surface area contributed by atoms with Crippen LogP contribution in [0.2, 0.25) is 0 Å². The van der Waals surface area contributed by atoms with E-state index in [1.807, 2.05) is 42.6 Å². The molecule has 0 spiro atoms. The van der Waals surface area contributed by atoms with Crippen molar-refractivity contribution in [2.24, 2.45) is 0 Å². The molecule has 3 heterocycles. The molecule has 5 nitrogen and oxygen atoms in total. The second-order valence-corrected chi connectivity index (χ2v) is 12.3. The van der Waals surface area contributed by atoms with E-state index in [4.69, 9.17) is 19.4 Å². The van der Waals surface area contributed by atoms with Crippen molar-refractivity contribution < 1.29 is 4.42 Å². The van der Waals surface area contributed by atoms with Gasteiger partial charge in [0.05, 0.1) is 5.39 Å². The normalized spacial score (nSPS) is 11.7. The molecule has 0 unspecified atom stereocenters. The molecule has 10 aromatic rings. The van der Waals surface area contributed by atoms with Crippen molar-refractivity contribution in [1.82, 2.24) is 19.9 Å². The number of benzene rings is 7. The standard InChI is InChI=1S/C44H26N4O/c1-2-11-28(12-3-1)41-46-42(31-19-18-27-10-4-5-13-29(27)24-31)48-43(47-41)37-22-21-33(35-16-8-9-17-36(35)37)30-20-23-39-38(25-30)40-34-15-7-6-14-32(34)26-45-44(40)49-39/h1-26H.